The number of fused-ring (bicyclic) bond motifs is 9. The second-order valence-corrected chi connectivity index (χ2v) is 21.1. The van der Waals surface area contributed by atoms with Crippen LogP contribution in [0.3, 0.4) is 0 Å². The van der Waals surface area contributed by atoms with Crippen molar-refractivity contribution < 1.29 is 4.74 Å². The van der Waals surface area contributed by atoms with Crippen LogP contribution in [0.15, 0.2) is 267 Å². The third kappa shape index (κ3) is 8.58. The van der Waals surface area contributed by atoms with E-state index in [1.807, 2.05) is 18.2 Å². The van der Waals surface area contributed by atoms with Crippen LogP contribution in [0.2, 0.25) is 0 Å². The Morgan fingerprint density at radius 1 is 0.430 bits per heavy atom. The zero-order valence-corrected chi connectivity index (χ0v) is 44.2. The molecule has 1 unspecified atom stereocenters. The summed E-state index contributed by atoms with van der Waals surface area (Å²) in [5.41, 5.74) is 21.4. The molecular formula is C75H59N3O. The van der Waals surface area contributed by atoms with Crippen molar-refractivity contribution in [1.29, 1.82) is 0 Å². The number of H-pyrrole nitrogens is 1. The van der Waals surface area contributed by atoms with Crippen molar-refractivity contribution in [2.45, 2.75) is 37.5 Å². The Morgan fingerprint density at radius 2 is 1.03 bits per heavy atom. The molecule has 1 atom stereocenters. The fourth-order valence-electron chi connectivity index (χ4n) is 12.8. The topological polar surface area (TPSA) is 33.2 Å². The molecule has 0 saturated heterocycles. The van der Waals surface area contributed by atoms with Crippen molar-refractivity contribution >= 4 is 66.7 Å². The summed E-state index contributed by atoms with van der Waals surface area (Å²) in [5.74, 6) is 0.915. The third-order valence-corrected chi connectivity index (χ3v) is 16.6. The second kappa shape index (κ2) is 20.4. The van der Waals surface area contributed by atoms with Crippen molar-refractivity contribution in [3.05, 3.63) is 290 Å². The number of hydrogen-bond donors (Lipinski definition) is 1. The molecule has 4 nitrogen and oxygen atoms in total. The number of unbranched alkanes of at least 4 members (excludes halogenated alkanes) is 3. The van der Waals surface area contributed by atoms with E-state index >= 15 is 0 Å². The zero-order chi connectivity index (χ0) is 52.7. The molecule has 13 aromatic rings. The van der Waals surface area contributed by atoms with Crippen molar-refractivity contribution in [2.24, 2.45) is 0 Å². The van der Waals surface area contributed by atoms with Crippen molar-refractivity contribution in [2.75, 3.05) is 11.5 Å². The van der Waals surface area contributed by atoms with Gasteiger partial charge in [0.1, 0.15) is 5.75 Å². The third-order valence-electron chi connectivity index (χ3n) is 16.6. The summed E-state index contributed by atoms with van der Waals surface area (Å²) < 4.78 is 8.54. The first-order chi connectivity index (χ1) is 39.1. The van der Waals surface area contributed by atoms with Crippen molar-refractivity contribution in [3.8, 4) is 44.8 Å². The molecule has 14 rings (SSSR count). The van der Waals surface area contributed by atoms with Crippen molar-refractivity contribution in [3.63, 3.8) is 0 Å². The number of aromatic nitrogens is 2. The molecule has 0 saturated carbocycles. The lowest BCUT2D eigenvalue weighted by Gasteiger charge is -2.33. The van der Waals surface area contributed by atoms with Gasteiger partial charge in [0.05, 0.1) is 17.6 Å². The van der Waals surface area contributed by atoms with Crippen LogP contribution in [0, 0.1) is 0 Å². The molecule has 1 aliphatic carbocycles. The minimum atomic E-state index is -0.280. The van der Waals surface area contributed by atoms with E-state index in [0.29, 0.717) is 6.61 Å². The highest BCUT2D eigenvalue weighted by Gasteiger charge is 2.44. The van der Waals surface area contributed by atoms with Gasteiger partial charge in [-0.15, -0.1) is 0 Å². The number of para-hydroxylation sites is 3. The summed E-state index contributed by atoms with van der Waals surface area (Å²) in [5, 5.41) is 4.94. The Hall–Kier alpha value is -9.64. The van der Waals surface area contributed by atoms with Gasteiger partial charge in [0.2, 0.25) is 0 Å². The van der Waals surface area contributed by atoms with Crippen LogP contribution >= 0.6 is 0 Å². The van der Waals surface area contributed by atoms with E-state index in [2.05, 4.69) is 270 Å². The van der Waals surface area contributed by atoms with Gasteiger partial charge in [0.15, 0.2) is 0 Å². The summed E-state index contributed by atoms with van der Waals surface area (Å²) in [6.45, 7) is 4.60. The van der Waals surface area contributed by atoms with E-state index in [1.165, 1.54) is 77.1 Å². The lowest BCUT2D eigenvalue weighted by atomic mass is 9.69. The molecule has 0 spiro atoms. The van der Waals surface area contributed by atoms with Gasteiger partial charge in [0, 0.05) is 60.7 Å². The molecular weight excluding hydrogens is 959 g/mol. The summed E-state index contributed by atoms with van der Waals surface area (Å²) >= 11 is 0. The number of nitrogens with one attached hydrogen (secondary N) is 1. The number of ether oxygens (including phenoxy) is 1. The van der Waals surface area contributed by atoms with Gasteiger partial charge in [-0.1, -0.05) is 202 Å². The second-order valence-electron chi connectivity index (χ2n) is 21.1. The molecule has 1 N–H and O–H groups in total. The Bertz CT molecular complexity index is 4340. The van der Waals surface area contributed by atoms with E-state index in [4.69, 9.17) is 4.74 Å². The molecule has 0 fully saturated rings. The van der Waals surface area contributed by atoms with Crippen LogP contribution < -0.4 is 9.64 Å². The molecule has 79 heavy (non-hydrogen) atoms. The van der Waals surface area contributed by atoms with Gasteiger partial charge < -0.3 is 19.2 Å². The molecule has 0 aliphatic heterocycles. The van der Waals surface area contributed by atoms with E-state index < -0.39 is 0 Å². The standard InChI is InChI=1S/C75H59N3O/c1-2-52-29-42-62(43-30-52)79-48-18-4-3-17-47-75(57-19-7-5-8-20-57)69-26-14-11-23-63(69)64-44-35-56(50-70(64)75)54-33-39-60(40-34-54)77(59-37-31-53(32-38-59)55-36-46-72-68(49-55)65-24-12-15-27-71(65)76-72)61-41-45-67-66-25-13-16-28-73(66)78(74(67)51-61)58-21-9-6-10-22-58/h2,5-16,19-46,49-51,76H,1,3-4,17-18,47-48H2. The van der Waals surface area contributed by atoms with E-state index in [9.17, 15) is 0 Å². The monoisotopic (exact) mass is 1020 g/mol. The molecule has 4 heteroatoms. The Morgan fingerprint density at radius 3 is 1.80 bits per heavy atom. The number of hydrogen-bond acceptors (Lipinski definition) is 2. The maximum absolute atomic E-state index is 6.13. The average molecular weight is 1020 g/mol. The van der Waals surface area contributed by atoms with Crippen LogP contribution in [0.25, 0.3) is 88.8 Å². The maximum atomic E-state index is 6.13. The zero-order valence-electron chi connectivity index (χ0n) is 44.2. The molecule has 1 aliphatic rings. The predicted octanol–water partition coefficient (Wildman–Crippen LogP) is 20.2. The van der Waals surface area contributed by atoms with E-state index in [-0.39, 0.29) is 5.41 Å². The van der Waals surface area contributed by atoms with E-state index in [1.54, 1.807) is 0 Å². The van der Waals surface area contributed by atoms with Gasteiger partial charge in [-0.3, -0.25) is 0 Å². The fraction of sp³-hybridized carbons (Fsp3) is 0.0933. The fourth-order valence-corrected chi connectivity index (χ4v) is 12.8. The lowest BCUT2D eigenvalue weighted by molar-refractivity contribution is 0.303. The number of benzene rings is 11. The van der Waals surface area contributed by atoms with Crippen LogP contribution in [0.5, 0.6) is 5.75 Å². The Kier molecular flexibility index (Phi) is 12.3. The molecule has 2 heterocycles. The smallest absolute Gasteiger partial charge is 0.119 e. The summed E-state index contributed by atoms with van der Waals surface area (Å²) in [4.78, 5) is 6.01. The number of nitrogens with zero attached hydrogens (tertiary/aromatic N) is 2. The van der Waals surface area contributed by atoms with Gasteiger partial charge in [-0.25, -0.2) is 0 Å². The first-order valence-corrected chi connectivity index (χ1v) is 27.9. The molecule has 380 valence electrons. The number of aromatic amines is 1. The number of anilines is 3. The van der Waals surface area contributed by atoms with Gasteiger partial charge in [0.25, 0.3) is 0 Å². The normalized spacial score (nSPS) is 13.7. The number of rotatable bonds is 16. The lowest BCUT2D eigenvalue weighted by Crippen LogP contribution is -2.27. The Balaban J connectivity index is 0.818. The SMILES string of the molecule is C=Cc1ccc(OCCCCCCC2(c3ccccc3)c3ccccc3-c3ccc(-c4ccc(N(c5ccc(-c6ccc7[nH]c8ccccc8c7c6)cc5)c5ccc6c7ccccc7n(-c7ccccc7)c6c5)cc4)cc32)cc1. The quantitative estimate of drug-likeness (QED) is 0.0979. The molecule has 0 amide bonds. The molecule has 0 radical (unpaired) electrons. The summed E-state index contributed by atoms with van der Waals surface area (Å²) in [6, 6.07) is 95.9. The van der Waals surface area contributed by atoms with Crippen LogP contribution in [-0.2, 0) is 5.41 Å². The Labute approximate surface area is 462 Å². The largest absolute Gasteiger partial charge is 0.494 e. The average Bonchev–Trinajstić information content (AvgIpc) is 4.36. The van der Waals surface area contributed by atoms with Gasteiger partial charge in [-0.2, -0.15) is 0 Å². The molecule has 0 bridgehead atoms. The van der Waals surface area contributed by atoms with Gasteiger partial charge >= 0.3 is 0 Å². The minimum absolute atomic E-state index is 0.280. The van der Waals surface area contributed by atoms with Crippen LogP contribution in [-0.4, -0.2) is 16.2 Å². The highest BCUT2D eigenvalue weighted by Crippen LogP contribution is 2.56. The predicted molar refractivity (Wildman–Crippen MR) is 333 cm³/mol. The summed E-state index contributed by atoms with van der Waals surface area (Å²) in [7, 11) is 0. The van der Waals surface area contributed by atoms with Gasteiger partial charge in [-0.05, 0) is 159 Å². The summed E-state index contributed by atoms with van der Waals surface area (Å²) in [6.07, 6.45) is 7.25. The molecule has 11 aromatic carbocycles. The highest BCUT2D eigenvalue weighted by molar-refractivity contribution is 6.11. The van der Waals surface area contributed by atoms with Crippen molar-refractivity contribution in [1.82, 2.24) is 9.55 Å². The van der Waals surface area contributed by atoms with Crippen LogP contribution in [0.4, 0.5) is 17.1 Å². The van der Waals surface area contributed by atoms with E-state index in [0.717, 1.165) is 82.7 Å². The van der Waals surface area contributed by atoms with Crippen LogP contribution in [0.1, 0.15) is 54.4 Å². The minimum Gasteiger partial charge on any atom is -0.494 e. The highest BCUT2D eigenvalue weighted by atomic mass is 16.5. The maximum Gasteiger partial charge on any atom is 0.119 e. The first kappa shape index (κ1) is 47.8. The first-order valence-electron chi connectivity index (χ1n) is 27.9. The molecule has 2 aromatic heterocycles.